The summed E-state index contributed by atoms with van der Waals surface area (Å²) in [6.45, 7) is 0. The first-order valence-corrected chi connectivity index (χ1v) is 8.54. The zero-order chi connectivity index (χ0) is 14.2. The second kappa shape index (κ2) is 5.50. The molecule has 110 valence electrons. The summed E-state index contributed by atoms with van der Waals surface area (Å²) < 4.78 is 19.1. The Morgan fingerprint density at radius 1 is 1.14 bits per heavy atom. The molecule has 1 aromatic heterocycles. The molecule has 4 heteroatoms. The molecule has 1 aliphatic carbocycles. The number of furan rings is 1. The number of halogens is 1. The van der Waals surface area contributed by atoms with E-state index in [2.05, 4.69) is 11.4 Å². The third kappa shape index (κ3) is 2.51. The smallest absolute Gasteiger partial charge is 0.123 e. The van der Waals surface area contributed by atoms with Crippen molar-refractivity contribution in [3.05, 3.63) is 53.2 Å². The van der Waals surface area contributed by atoms with Gasteiger partial charge < -0.3 is 9.73 Å². The molecule has 0 spiro atoms. The summed E-state index contributed by atoms with van der Waals surface area (Å²) in [5, 5.41) is 3.74. The second-order valence-electron chi connectivity index (χ2n) is 5.78. The normalized spacial score (nSPS) is 24.4. The standard InChI is InChI=1S/C17H18FNOS/c18-11-4-5-17-13(10-11)15(7-9-21-17)19-14-2-1-3-16-12(14)6-8-20-16/h4-6,8,10,14-15,19H,1-3,7,9H2. The van der Waals surface area contributed by atoms with E-state index in [1.165, 1.54) is 10.5 Å². The Labute approximate surface area is 128 Å². The van der Waals surface area contributed by atoms with E-state index >= 15 is 0 Å². The number of thioether (sulfide) groups is 1. The van der Waals surface area contributed by atoms with Crippen molar-refractivity contribution in [3.63, 3.8) is 0 Å². The van der Waals surface area contributed by atoms with Crippen molar-refractivity contribution in [1.29, 1.82) is 0 Å². The van der Waals surface area contributed by atoms with Crippen molar-refractivity contribution in [2.24, 2.45) is 0 Å². The summed E-state index contributed by atoms with van der Waals surface area (Å²) >= 11 is 1.83. The Balaban J connectivity index is 1.61. The molecule has 21 heavy (non-hydrogen) atoms. The fourth-order valence-electron chi connectivity index (χ4n) is 3.44. The van der Waals surface area contributed by atoms with E-state index in [-0.39, 0.29) is 11.9 Å². The molecule has 0 saturated heterocycles. The van der Waals surface area contributed by atoms with E-state index in [1.807, 2.05) is 17.8 Å². The van der Waals surface area contributed by atoms with E-state index in [0.717, 1.165) is 42.8 Å². The molecule has 2 aliphatic rings. The van der Waals surface area contributed by atoms with Crippen molar-refractivity contribution >= 4 is 11.8 Å². The van der Waals surface area contributed by atoms with Gasteiger partial charge in [0.1, 0.15) is 11.6 Å². The minimum atomic E-state index is -0.143. The maximum atomic E-state index is 13.6. The number of aryl methyl sites for hydroxylation is 1. The molecule has 0 amide bonds. The third-order valence-electron chi connectivity index (χ3n) is 4.47. The summed E-state index contributed by atoms with van der Waals surface area (Å²) in [7, 11) is 0. The van der Waals surface area contributed by atoms with Crippen LogP contribution in [-0.4, -0.2) is 5.75 Å². The van der Waals surface area contributed by atoms with E-state index in [0.29, 0.717) is 6.04 Å². The van der Waals surface area contributed by atoms with Gasteiger partial charge in [0.15, 0.2) is 0 Å². The van der Waals surface area contributed by atoms with Crippen molar-refractivity contribution in [1.82, 2.24) is 5.32 Å². The van der Waals surface area contributed by atoms with Crippen molar-refractivity contribution in [3.8, 4) is 0 Å². The topological polar surface area (TPSA) is 25.2 Å². The van der Waals surface area contributed by atoms with Gasteiger partial charge in [-0.25, -0.2) is 4.39 Å². The number of rotatable bonds is 2. The molecule has 2 atom stereocenters. The number of hydrogen-bond donors (Lipinski definition) is 1. The number of benzene rings is 1. The Bertz CT molecular complexity index is 654. The van der Waals surface area contributed by atoms with Crippen molar-refractivity contribution in [2.45, 2.75) is 42.7 Å². The third-order valence-corrected chi connectivity index (χ3v) is 5.59. The van der Waals surface area contributed by atoms with Gasteiger partial charge in [0.25, 0.3) is 0 Å². The van der Waals surface area contributed by atoms with Crippen LogP contribution in [0.15, 0.2) is 39.8 Å². The first kappa shape index (κ1) is 13.4. The largest absolute Gasteiger partial charge is 0.469 e. The molecule has 2 unspecified atom stereocenters. The minimum Gasteiger partial charge on any atom is -0.469 e. The van der Waals surface area contributed by atoms with Gasteiger partial charge in [0.2, 0.25) is 0 Å². The highest BCUT2D eigenvalue weighted by Crippen LogP contribution is 2.39. The number of hydrogen-bond acceptors (Lipinski definition) is 3. The van der Waals surface area contributed by atoms with Crippen LogP contribution >= 0.6 is 11.8 Å². The molecular formula is C17H18FNOS. The lowest BCUT2D eigenvalue weighted by atomic mass is 9.91. The second-order valence-corrected chi connectivity index (χ2v) is 6.92. The summed E-state index contributed by atoms with van der Waals surface area (Å²) in [5.74, 6) is 2.06. The molecule has 0 fully saturated rings. The lowest BCUT2D eigenvalue weighted by Crippen LogP contribution is -2.30. The summed E-state index contributed by atoms with van der Waals surface area (Å²) in [6.07, 6.45) is 6.14. The van der Waals surface area contributed by atoms with Crippen LogP contribution in [-0.2, 0) is 6.42 Å². The minimum absolute atomic E-state index is 0.143. The molecule has 0 radical (unpaired) electrons. The highest BCUT2D eigenvalue weighted by atomic mass is 32.2. The molecule has 2 heterocycles. The van der Waals surface area contributed by atoms with Crippen LogP contribution in [0.4, 0.5) is 4.39 Å². The van der Waals surface area contributed by atoms with Crippen LogP contribution in [0, 0.1) is 5.82 Å². The van der Waals surface area contributed by atoms with Gasteiger partial charge in [-0.15, -0.1) is 11.8 Å². The van der Waals surface area contributed by atoms with Gasteiger partial charge in [-0.3, -0.25) is 0 Å². The zero-order valence-electron chi connectivity index (χ0n) is 11.8. The first-order chi connectivity index (χ1) is 10.3. The Hall–Kier alpha value is -1.26. The number of fused-ring (bicyclic) bond motifs is 2. The van der Waals surface area contributed by atoms with E-state index in [1.54, 1.807) is 18.4 Å². The van der Waals surface area contributed by atoms with Gasteiger partial charge >= 0.3 is 0 Å². The van der Waals surface area contributed by atoms with Gasteiger partial charge in [-0.2, -0.15) is 0 Å². The molecule has 1 aliphatic heterocycles. The summed E-state index contributed by atoms with van der Waals surface area (Å²) in [5.41, 5.74) is 2.40. The molecule has 1 aromatic carbocycles. The van der Waals surface area contributed by atoms with Crippen molar-refractivity contribution in [2.75, 3.05) is 5.75 Å². The Morgan fingerprint density at radius 2 is 2.05 bits per heavy atom. The van der Waals surface area contributed by atoms with Gasteiger partial charge in [0.05, 0.1) is 6.26 Å². The highest BCUT2D eigenvalue weighted by Gasteiger charge is 2.28. The first-order valence-electron chi connectivity index (χ1n) is 7.56. The maximum Gasteiger partial charge on any atom is 0.123 e. The van der Waals surface area contributed by atoms with Crippen LogP contribution in [0.25, 0.3) is 0 Å². The van der Waals surface area contributed by atoms with Gasteiger partial charge in [-0.1, -0.05) is 0 Å². The molecule has 2 aromatic rings. The Morgan fingerprint density at radius 3 is 3.00 bits per heavy atom. The SMILES string of the molecule is Fc1ccc2c(c1)C(NC1CCCc3occc31)CCS2. The van der Waals surface area contributed by atoms with Gasteiger partial charge in [-0.05, 0) is 54.8 Å². The Kier molecular flexibility index (Phi) is 3.51. The van der Waals surface area contributed by atoms with Crippen LogP contribution in [0.2, 0.25) is 0 Å². The predicted molar refractivity (Wildman–Crippen MR) is 82.0 cm³/mol. The molecule has 4 rings (SSSR count). The molecular weight excluding hydrogens is 285 g/mol. The fourth-order valence-corrected chi connectivity index (χ4v) is 4.55. The van der Waals surface area contributed by atoms with Crippen LogP contribution in [0.3, 0.4) is 0 Å². The summed E-state index contributed by atoms with van der Waals surface area (Å²) in [6, 6.07) is 7.81. The molecule has 1 N–H and O–H groups in total. The van der Waals surface area contributed by atoms with Crippen LogP contribution < -0.4 is 5.32 Å². The van der Waals surface area contributed by atoms with E-state index in [4.69, 9.17) is 4.42 Å². The molecule has 0 bridgehead atoms. The lowest BCUT2D eigenvalue weighted by Gasteiger charge is -2.32. The average molecular weight is 303 g/mol. The molecule has 0 saturated carbocycles. The summed E-state index contributed by atoms with van der Waals surface area (Å²) in [4.78, 5) is 1.21. The number of nitrogens with one attached hydrogen (secondary N) is 1. The maximum absolute atomic E-state index is 13.6. The van der Waals surface area contributed by atoms with Crippen molar-refractivity contribution < 1.29 is 8.81 Å². The monoisotopic (exact) mass is 303 g/mol. The predicted octanol–water partition coefficient (Wildman–Crippen LogP) is 4.62. The van der Waals surface area contributed by atoms with E-state index < -0.39 is 0 Å². The zero-order valence-corrected chi connectivity index (χ0v) is 12.6. The fraction of sp³-hybridized carbons (Fsp3) is 0.412. The van der Waals surface area contributed by atoms with Crippen LogP contribution in [0.1, 0.15) is 48.2 Å². The van der Waals surface area contributed by atoms with Gasteiger partial charge in [0, 0.05) is 29.0 Å². The lowest BCUT2D eigenvalue weighted by molar-refractivity contribution is 0.367. The highest BCUT2D eigenvalue weighted by molar-refractivity contribution is 7.99. The quantitative estimate of drug-likeness (QED) is 0.876. The average Bonchev–Trinajstić information content (AvgIpc) is 2.97. The van der Waals surface area contributed by atoms with Crippen LogP contribution in [0.5, 0.6) is 0 Å². The van der Waals surface area contributed by atoms with E-state index in [9.17, 15) is 4.39 Å². The molecule has 2 nitrogen and oxygen atoms in total.